The van der Waals surface area contributed by atoms with Crippen molar-refractivity contribution in [2.45, 2.75) is 26.1 Å². The molecule has 2 atom stereocenters. The lowest BCUT2D eigenvalue weighted by molar-refractivity contribution is -0.0586. The SMILES string of the molecule is CC1CN(C(=O)c2ccccc2Cl)CC(C)O1. The molecule has 1 aromatic carbocycles. The Labute approximate surface area is 106 Å². The average Bonchev–Trinajstić information content (AvgIpc) is 2.27. The highest BCUT2D eigenvalue weighted by Gasteiger charge is 2.27. The number of hydrogen-bond acceptors (Lipinski definition) is 2. The van der Waals surface area contributed by atoms with Crippen LogP contribution in [0.4, 0.5) is 0 Å². The van der Waals surface area contributed by atoms with Crippen LogP contribution >= 0.6 is 11.6 Å². The first-order valence-electron chi connectivity index (χ1n) is 5.77. The van der Waals surface area contributed by atoms with Gasteiger partial charge >= 0.3 is 0 Å². The number of nitrogens with zero attached hydrogens (tertiary/aromatic N) is 1. The van der Waals surface area contributed by atoms with Gasteiger partial charge in [0.2, 0.25) is 0 Å². The fraction of sp³-hybridized carbons (Fsp3) is 0.462. The Morgan fingerprint density at radius 1 is 1.29 bits per heavy atom. The van der Waals surface area contributed by atoms with Crippen molar-refractivity contribution in [1.29, 1.82) is 0 Å². The van der Waals surface area contributed by atoms with Crippen LogP contribution in [-0.4, -0.2) is 36.1 Å². The van der Waals surface area contributed by atoms with Crippen molar-refractivity contribution in [3.05, 3.63) is 34.9 Å². The zero-order chi connectivity index (χ0) is 12.4. The van der Waals surface area contributed by atoms with Crippen LogP contribution in [0.3, 0.4) is 0 Å². The summed E-state index contributed by atoms with van der Waals surface area (Å²) in [6.07, 6.45) is 0.148. The van der Waals surface area contributed by atoms with Crippen molar-refractivity contribution in [3.8, 4) is 0 Å². The van der Waals surface area contributed by atoms with Crippen LogP contribution in [0, 0.1) is 0 Å². The van der Waals surface area contributed by atoms with E-state index in [4.69, 9.17) is 16.3 Å². The van der Waals surface area contributed by atoms with E-state index in [1.807, 2.05) is 26.0 Å². The molecule has 2 rings (SSSR count). The van der Waals surface area contributed by atoms with E-state index in [1.54, 1.807) is 17.0 Å². The van der Waals surface area contributed by atoms with Crippen molar-refractivity contribution in [1.82, 2.24) is 4.90 Å². The Morgan fingerprint density at radius 2 is 1.88 bits per heavy atom. The van der Waals surface area contributed by atoms with Crippen LogP contribution in [0.25, 0.3) is 0 Å². The van der Waals surface area contributed by atoms with Crippen LogP contribution < -0.4 is 0 Å². The highest BCUT2D eigenvalue weighted by molar-refractivity contribution is 6.33. The highest BCUT2D eigenvalue weighted by atomic mass is 35.5. The molecule has 0 spiro atoms. The number of ether oxygens (including phenoxy) is 1. The van der Waals surface area contributed by atoms with E-state index < -0.39 is 0 Å². The van der Waals surface area contributed by atoms with Gasteiger partial charge in [0.25, 0.3) is 5.91 Å². The molecule has 0 bridgehead atoms. The molecule has 4 heteroatoms. The molecule has 1 saturated heterocycles. The van der Waals surface area contributed by atoms with E-state index in [0.29, 0.717) is 23.7 Å². The maximum absolute atomic E-state index is 12.3. The lowest BCUT2D eigenvalue weighted by Crippen LogP contribution is -2.48. The molecule has 0 N–H and O–H groups in total. The first-order valence-corrected chi connectivity index (χ1v) is 6.15. The van der Waals surface area contributed by atoms with Crippen LogP contribution in [0.1, 0.15) is 24.2 Å². The van der Waals surface area contributed by atoms with Gasteiger partial charge < -0.3 is 9.64 Å². The minimum absolute atomic E-state index is 0.0161. The number of hydrogen-bond donors (Lipinski definition) is 0. The predicted molar refractivity (Wildman–Crippen MR) is 67.4 cm³/mol. The average molecular weight is 254 g/mol. The number of carbonyl (C=O) groups excluding carboxylic acids is 1. The van der Waals surface area contributed by atoms with Gasteiger partial charge in [-0.25, -0.2) is 0 Å². The predicted octanol–water partition coefficient (Wildman–Crippen LogP) is 2.59. The molecule has 1 aromatic rings. The van der Waals surface area contributed by atoms with Crippen LogP contribution in [0.15, 0.2) is 24.3 Å². The number of carbonyl (C=O) groups is 1. The monoisotopic (exact) mass is 253 g/mol. The zero-order valence-electron chi connectivity index (χ0n) is 10.0. The smallest absolute Gasteiger partial charge is 0.255 e. The molecule has 1 amide bonds. The quantitative estimate of drug-likeness (QED) is 0.770. The maximum atomic E-state index is 12.3. The molecule has 0 radical (unpaired) electrons. The van der Waals surface area contributed by atoms with Crippen molar-refractivity contribution in [2.75, 3.05) is 13.1 Å². The molecule has 0 saturated carbocycles. The van der Waals surface area contributed by atoms with Gasteiger partial charge in [-0.1, -0.05) is 23.7 Å². The van der Waals surface area contributed by atoms with E-state index in [2.05, 4.69) is 0 Å². The number of rotatable bonds is 1. The lowest BCUT2D eigenvalue weighted by atomic mass is 10.1. The van der Waals surface area contributed by atoms with Crippen molar-refractivity contribution in [3.63, 3.8) is 0 Å². The van der Waals surface area contributed by atoms with Gasteiger partial charge in [0.05, 0.1) is 22.8 Å². The molecule has 92 valence electrons. The Morgan fingerprint density at radius 3 is 2.47 bits per heavy atom. The minimum atomic E-state index is -0.0161. The van der Waals surface area contributed by atoms with Gasteiger partial charge in [-0.2, -0.15) is 0 Å². The first kappa shape index (κ1) is 12.4. The Bertz CT molecular complexity index is 412. The van der Waals surface area contributed by atoms with Gasteiger partial charge in [0.15, 0.2) is 0 Å². The first-order chi connectivity index (χ1) is 8.08. The molecular weight excluding hydrogens is 238 g/mol. The molecule has 2 unspecified atom stereocenters. The van der Waals surface area contributed by atoms with Gasteiger partial charge in [-0.3, -0.25) is 4.79 Å². The molecule has 1 aliphatic rings. The number of benzene rings is 1. The van der Waals surface area contributed by atoms with E-state index in [9.17, 15) is 4.79 Å². The number of amides is 1. The fourth-order valence-electron chi connectivity index (χ4n) is 2.15. The van der Waals surface area contributed by atoms with E-state index in [1.165, 1.54) is 0 Å². The molecule has 1 aliphatic heterocycles. The minimum Gasteiger partial charge on any atom is -0.372 e. The van der Waals surface area contributed by atoms with Gasteiger partial charge in [0, 0.05) is 13.1 Å². The molecule has 3 nitrogen and oxygen atoms in total. The van der Waals surface area contributed by atoms with E-state index >= 15 is 0 Å². The zero-order valence-corrected chi connectivity index (χ0v) is 10.8. The second-order valence-corrected chi connectivity index (χ2v) is 4.85. The van der Waals surface area contributed by atoms with Crippen LogP contribution in [0.2, 0.25) is 5.02 Å². The summed E-state index contributed by atoms with van der Waals surface area (Å²) in [5.74, 6) is -0.0161. The summed E-state index contributed by atoms with van der Waals surface area (Å²) in [5, 5.41) is 0.504. The molecule has 17 heavy (non-hydrogen) atoms. The van der Waals surface area contributed by atoms with E-state index in [0.717, 1.165) is 0 Å². The summed E-state index contributed by atoms with van der Waals surface area (Å²) >= 11 is 6.03. The Kier molecular flexibility index (Phi) is 3.69. The summed E-state index contributed by atoms with van der Waals surface area (Å²) in [7, 11) is 0. The highest BCUT2D eigenvalue weighted by Crippen LogP contribution is 2.19. The second-order valence-electron chi connectivity index (χ2n) is 4.45. The molecule has 1 heterocycles. The number of morpholine rings is 1. The summed E-state index contributed by atoms with van der Waals surface area (Å²) in [6, 6.07) is 7.15. The van der Waals surface area contributed by atoms with Crippen LogP contribution in [-0.2, 0) is 4.74 Å². The number of halogens is 1. The summed E-state index contributed by atoms with van der Waals surface area (Å²) < 4.78 is 5.61. The molecule has 0 aromatic heterocycles. The standard InChI is InChI=1S/C13H16ClNO2/c1-9-7-15(8-10(2)17-9)13(16)11-5-3-4-6-12(11)14/h3-6,9-10H,7-8H2,1-2H3. The van der Waals surface area contributed by atoms with Gasteiger partial charge in [-0.05, 0) is 26.0 Å². The molecule has 0 aliphatic carbocycles. The van der Waals surface area contributed by atoms with Crippen molar-refractivity contribution >= 4 is 17.5 Å². The topological polar surface area (TPSA) is 29.5 Å². The second kappa shape index (κ2) is 5.07. The third-order valence-electron chi connectivity index (χ3n) is 2.81. The Hall–Kier alpha value is -1.06. The largest absolute Gasteiger partial charge is 0.372 e. The summed E-state index contributed by atoms with van der Waals surface area (Å²) in [5.41, 5.74) is 0.565. The Balaban J connectivity index is 2.17. The summed E-state index contributed by atoms with van der Waals surface area (Å²) in [6.45, 7) is 5.19. The molecule has 1 fully saturated rings. The summed E-state index contributed by atoms with van der Waals surface area (Å²) in [4.78, 5) is 14.1. The van der Waals surface area contributed by atoms with Crippen molar-refractivity contribution < 1.29 is 9.53 Å². The normalized spacial score (nSPS) is 24.8. The third-order valence-corrected chi connectivity index (χ3v) is 3.14. The maximum Gasteiger partial charge on any atom is 0.255 e. The third kappa shape index (κ3) is 2.79. The van der Waals surface area contributed by atoms with Gasteiger partial charge in [0.1, 0.15) is 0 Å². The lowest BCUT2D eigenvalue weighted by Gasteiger charge is -2.35. The van der Waals surface area contributed by atoms with Crippen LogP contribution in [0.5, 0.6) is 0 Å². The van der Waals surface area contributed by atoms with E-state index in [-0.39, 0.29) is 18.1 Å². The molecular formula is C13H16ClNO2. The fourth-order valence-corrected chi connectivity index (χ4v) is 2.37. The van der Waals surface area contributed by atoms with Gasteiger partial charge in [-0.15, -0.1) is 0 Å². The van der Waals surface area contributed by atoms with Crippen molar-refractivity contribution in [2.24, 2.45) is 0 Å².